The molecule has 0 aliphatic carbocycles. The Morgan fingerprint density at radius 1 is 1.33 bits per heavy atom. The lowest BCUT2D eigenvalue weighted by Crippen LogP contribution is -1.99. The van der Waals surface area contributed by atoms with Gasteiger partial charge >= 0.3 is 0 Å². The van der Waals surface area contributed by atoms with Gasteiger partial charge in [0, 0.05) is 5.56 Å². The van der Waals surface area contributed by atoms with Gasteiger partial charge in [0.05, 0.1) is 11.9 Å². The lowest BCUT2D eigenvalue weighted by molar-refractivity contribution is 0.627. The highest BCUT2D eigenvalue weighted by atomic mass is 19.1. The second kappa shape index (κ2) is 3.61. The van der Waals surface area contributed by atoms with E-state index in [2.05, 4.69) is 15.2 Å². The molecule has 0 unspecified atom stereocenters. The van der Waals surface area contributed by atoms with Crippen LogP contribution in [0.4, 0.5) is 10.3 Å². The Kier molecular flexibility index (Phi) is 2.29. The van der Waals surface area contributed by atoms with Crippen molar-refractivity contribution < 1.29 is 4.39 Å². The average Bonchev–Trinajstić information content (AvgIpc) is 2.17. The molecule has 1 aromatic carbocycles. The summed E-state index contributed by atoms with van der Waals surface area (Å²) in [4.78, 5) is 4.02. The number of aromatic nitrogens is 3. The minimum absolute atomic E-state index is 0.108. The lowest BCUT2D eigenvalue weighted by Gasteiger charge is -2.04. The molecule has 0 saturated carbocycles. The number of hydrogen-bond donors (Lipinski definition) is 1. The van der Waals surface area contributed by atoms with Crippen LogP contribution in [0.15, 0.2) is 24.4 Å². The fourth-order valence-corrected chi connectivity index (χ4v) is 1.36. The second-order valence-electron chi connectivity index (χ2n) is 3.16. The Morgan fingerprint density at radius 2 is 2.13 bits per heavy atom. The molecule has 4 nitrogen and oxygen atoms in total. The minimum atomic E-state index is -0.272. The monoisotopic (exact) mass is 204 g/mol. The van der Waals surface area contributed by atoms with Gasteiger partial charge < -0.3 is 5.73 Å². The number of rotatable bonds is 1. The third kappa shape index (κ3) is 1.90. The standard InChI is InChI=1S/C10H9FN4/c1-6-4-7(11)2-3-8(6)9-5-13-15-10(12)14-9/h2-5H,1H3,(H2,12,14,15). The van der Waals surface area contributed by atoms with Gasteiger partial charge in [0.25, 0.3) is 0 Å². The highest BCUT2D eigenvalue weighted by Gasteiger charge is 2.05. The van der Waals surface area contributed by atoms with Crippen LogP contribution in [0.1, 0.15) is 5.56 Å². The maximum Gasteiger partial charge on any atom is 0.240 e. The van der Waals surface area contributed by atoms with E-state index in [4.69, 9.17) is 5.73 Å². The van der Waals surface area contributed by atoms with Gasteiger partial charge in [-0.2, -0.15) is 5.10 Å². The molecule has 0 bridgehead atoms. The van der Waals surface area contributed by atoms with Crippen LogP contribution in [0.3, 0.4) is 0 Å². The molecule has 1 aromatic heterocycles. The molecule has 0 spiro atoms. The van der Waals surface area contributed by atoms with Crippen molar-refractivity contribution in [2.24, 2.45) is 0 Å². The van der Waals surface area contributed by atoms with Crippen molar-refractivity contribution in [2.45, 2.75) is 6.92 Å². The highest BCUT2D eigenvalue weighted by molar-refractivity contribution is 5.62. The van der Waals surface area contributed by atoms with Gasteiger partial charge in [-0.3, -0.25) is 0 Å². The van der Waals surface area contributed by atoms with Gasteiger partial charge in [-0.05, 0) is 30.7 Å². The summed E-state index contributed by atoms with van der Waals surface area (Å²) in [7, 11) is 0. The third-order valence-electron chi connectivity index (χ3n) is 2.04. The van der Waals surface area contributed by atoms with E-state index in [1.165, 1.54) is 18.3 Å². The van der Waals surface area contributed by atoms with Crippen molar-refractivity contribution >= 4 is 5.95 Å². The zero-order valence-corrected chi connectivity index (χ0v) is 8.11. The van der Waals surface area contributed by atoms with Gasteiger partial charge in [-0.1, -0.05) is 0 Å². The molecule has 2 rings (SSSR count). The summed E-state index contributed by atoms with van der Waals surface area (Å²) in [6.07, 6.45) is 1.50. The first-order chi connectivity index (χ1) is 7.16. The van der Waals surface area contributed by atoms with Crippen LogP contribution in [-0.4, -0.2) is 15.2 Å². The van der Waals surface area contributed by atoms with E-state index in [0.29, 0.717) is 5.69 Å². The van der Waals surface area contributed by atoms with E-state index in [1.807, 2.05) is 0 Å². The lowest BCUT2D eigenvalue weighted by atomic mass is 10.1. The predicted octanol–water partition coefficient (Wildman–Crippen LogP) is 1.57. The molecule has 0 saturated heterocycles. The molecule has 0 atom stereocenters. The zero-order chi connectivity index (χ0) is 10.8. The summed E-state index contributed by atoms with van der Waals surface area (Å²) < 4.78 is 12.9. The van der Waals surface area contributed by atoms with Crippen molar-refractivity contribution in [1.29, 1.82) is 0 Å². The summed E-state index contributed by atoms with van der Waals surface area (Å²) in [6.45, 7) is 1.80. The molecule has 1 heterocycles. The summed E-state index contributed by atoms with van der Waals surface area (Å²) in [5.74, 6) is -0.164. The third-order valence-corrected chi connectivity index (χ3v) is 2.04. The molecule has 76 valence electrons. The SMILES string of the molecule is Cc1cc(F)ccc1-c1cnnc(N)n1. The number of anilines is 1. The zero-order valence-electron chi connectivity index (χ0n) is 8.11. The van der Waals surface area contributed by atoms with E-state index in [-0.39, 0.29) is 11.8 Å². The topological polar surface area (TPSA) is 64.7 Å². The Balaban J connectivity index is 2.54. The Bertz CT molecular complexity index is 499. The number of nitrogen functional groups attached to an aromatic ring is 1. The summed E-state index contributed by atoms with van der Waals surface area (Å²) in [5, 5.41) is 7.25. The van der Waals surface area contributed by atoms with Crippen LogP contribution in [0.2, 0.25) is 0 Å². The molecule has 0 aliphatic rings. The second-order valence-corrected chi connectivity index (χ2v) is 3.16. The highest BCUT2D eigenvalue weighted by Crippen LogP contribution is 2.21. The van der Waals surface area contributed by atoms with E-state index in [0.717, 1.165) is 11.1 Å². The summed E-state index contributed by atoms with van der Waals surface area (Å²) in [6, 6.07) is 4.46. The van der Waals surface area contributed by atoms with Crippen molar-refractivity contribution in [3.8, 4) is 11.3 Å². The van der Waals surface area contributed by atoms with Crippen molar-refractivity contribution in [3.63, 3.8) is 0 Å². The first-order valence-electron chi connectivity index (χ1n) is 4.38. The average molecular weight is 204 g/mol. The Labute approximate surface area is 86.0 Å². The van der Waals surface area contributed by atoms with E-state index in [1.54, 1.807) is 13.0 Å². The number of nitrogens with zero attached hydrogens (tertiary/aromatic N) is 3. The van der Waals surface area contributed by atoms with Crippen molar-refractivity contribution in [1.82, 2.24) is 15.2 Å². The number of halogens is 1. The van der Waals surface area contributed by atoms with E-state index >= 15 is 0 Å². The van der Waals surface area contributed by atoms with Gasteiger partial charge in [-0.25, -0.2) is 9.37 Å². The van der Waals surface area contributed by atoms with Crippen LogP contribution in [0.25, 0.3) is 11.3 Å². The molecule has 2 aromatic rings. The number of nitrogens with two attached hydrogens (primary N) is 1. The van der Waals surface area contributed by atoms with Crippen LogP contribution in [0.5, 0.6) is 0 Å². The molecule has 0 radical (unpaired) electrons. The predicted molar refractivity (Wildman–Crippen MR) is 54.4 cm³/mol. The molecule has 0 amide bonds. The number of benzene rings is 1. The molecule has 2 N–H and O–H groups in total. The maximum atomic E-state index is 12.9. The smallest absolute Gasteiger partial charge is 0.240 e. The molecular weight excluding hydrogens is 195 g/mol. The van der Waals surface area contributed by atoms with E-state index < -0.39 is 0 Å². The van der Waals surface area contributed by atoms with Crippen LogP contribution in [0, 0.1) is 12.7 Å². The fraction of sp³-hybridized carbons (Fsp3) is 0.100. The van der Waals surface area contributed by atoms with E-state index in [9.17, 15) is 4.39 Å². The van der Waals surface area contributed by atoms with Crippen LogP contribution < -0.4 is 5.73 Å². The fourth-order valence-electron chi connectivity index (χ4n) is 1.36. The summed E-state index contributed by atoms with van der Waals surface area (Å²) >= 11 is 0. The molecule has 15 heavy (non-hydrogen) atoms. The first kappa shape index (κ1) is 9.51. The molecule has 0 aliphatic heterocycles. The minimum Gasteiger partial charge on any atom is -0.366 e. The van der Waals surface area contributed by atoms with Crippen LogP contribution >= 0.6 is 0 Å². The maximum absolute atomic E-state index is 12.9. The Morgan fingerprint density at radius 3 is 2.80 bits per heavy atom. The largest absolute Gasteiger partial charge is 0.366 e. The Hall–Kier alpha value is -2.04. The molecule has 5 heteroatoms. The quantitative estimate of drug-likeness (QED) is 0.765. The number of aryl methyl sites for hydroxylation is 1. The van der Waals surface area contributed by atoms with Crippen molar-refractivity contribution in [2.75, 3.05) is 5.73 Å². The van der Waals surface area contributed by atoms with Crippen molar-refractivity contribution in [3.05, 3.63) is 35.8 Å². The normalized spacial score (nSPS) is 10.3. The van der Waals surface area contributed by atoms with Gasteiger partial charge in [0.15, 0.2) is 0 Å². The molecular formula is C10H9FN4. The number of hydrogen-bond acceptors (Lipinski definition) is 4. The van der Waals surface area contributed by atoms with Gasteiger partial charge in [0.2, 0.25) is 5.95 Å². The summed E-state index contributed by atoms with van der Waals surface area (Å²) in [5.41, 5.74) is 7.60. The van der Waals surface area contributed by atoms with Crippen LogP contribution in [-0.2, 0) is 0 Å². The first-order valence-corrected chi connectivity index (χ1v) is 4.38. The molecule has 0 fully saturated rings. The van der Waals surface area contributed by atoms with Gasteiger partial charge in [0.1, 0.15) is 5.82 Å². The van der Waals surface area contributed by atoms with Gasteiger partial charge in [-0.15, -0.1) is 5.10 Å².